The Labute approximate surface area is 144 Å². The van der Waals surface area contributed by atoms with Crippen LogP contribution in [0.3, 0.4) is 0 Å². The van der Waals surface area contributed by atoms with E-state index >= 15 is 0 Å². The molecule has 0 radical (unpaired) electrons. The summed E-state index contributed by atoms with van der Waals surface area (Å²) in [7, 11) is -3.33. The molecule has 2 aromatic rings. The third kappa shape index (κ3) is 4.77. The number of sulfonamides is 1. The molecule has 0 bridgehead atoms. The number of fused-ring (bicyclic) bond motifs is 1. The summed E-state index contributed by atoms with van der Waals surface area (Å²) in [6, 6.07) is 15.0. The molecule has 2 N–H and O–H groups in total. The molecular weight excluding hydrogens is 322 g/mol. The number of primary sulfonamides is 1. The van der Waals surface area contributed by atoms with Crippen LogP contribution >= 0.6 is 0 Å². The molecule has 3 rings (SSSR count). The highest BCUT2D eigenvalue weighted by molar-refractivity contribution is 7.89. The molecular formula is C18H25N3O2S. The van der Waals surface area contributed by atoms with Crippen molar-refractivity contribution < 1.29 is 8.42 Å². The van der Waals surface area contributed by atoms with E-state index in [9.17, 15) is 8.42 Å². The maximum atomic E-state index is 11.0. The highest BCUT2D eigenvalue weighted by Gasteiger charge is 2.17. The van der Waals surface area contributed by atoms with Crippen LogP contribution in [-0.4, -0.2) is 56.7 Å². The van der Waals surface area contributed by atoms with Crippen molar-refractivity contribution in [1.29, 1.82) is 0 Å². The lowest BCUT2D eigenvalue weighted by Crippen LogP contribution is -2.46. The Morgan fingerprint density at radius 1 is 0.917 bits per heavy atom. The van der Waals surface area contributed by atoms with Crippen LogP contribution in [0.5, 0.6) is 0 Å². The van der Waals surface area contributed by atoms with Crippen molar-refractivity contribution >= 4 is 20.8 Å². The monoisotopic (exact) mass is 347 g/mol. The summed E-state index contributed by atoms with van der Waals surface area (Å²) in [6.07, 6.45) is 0.613. The summed E-state index contributed by atoms with van der Waals surface area (Å²) in [5.74, 6) is 0.0726. The fourth-order valence-electron chi connectivity index (χ4n) is 3.33. The second-order valence-electron chi connectivity index (χ2n) is 6.48. The highest BCUT2D eigenvalue weighted by atomic mass is 32.2. The Morgan fingerprint density at radius 3 is 2.33 bits per heavy atom. The van der Waals surface area contributed by atoms with Gasteiger partial charge in [0.15, 0.2) is 0 Å². The van der Waals surface area contributed by atoms with Gasteiger partial charge >= 0.3 is 0 Å². The molecule has 2 aromatic carbocycles. The zero-order valence-electron chi connectivity index (χ0n) is 13.9. The van der Waals surface area contributed by atoms with E-state index < -0.39 is 10.0 Å². The molecule has 1 aliphatic rings. The molecule has 0 aromatic heterocycles. The van der Waals surface area contributed by atoms with Crippen LogP contribution in [0.25, 0.3) is 10.8 Å². The zero-order chi connectivity index (χ0) is 17.0. The molecule has 0 saturated carbocycles. The van der Waals surface area contributed by atoms with Crippen LogP contribution in [0, 0.1) is 0 Å². The van der Waals surface area contributed by atoms with E-state index in [4.69, 9.17) is 5.14 Å². The van der Waals surface area contributed by atoms with Crippen LogP contribution in [0.4, 0.5) is 0 Å². The highest BCUT2D eigenvalue weighted by Crippen LogP contribution is 2.20. The van der Waals surface area contributed by atoms with E-state index in [1.54, 1.807) is 0 Å². The molecule has 5 nitrogen and oxygen atoms in total. The third-order valence-electron chi connectivity index (χ3n) is 4.64. The maximum Gasteiger partial charge on any atom is 0.209 e. The number of hydrogen-bond acceptors (Lipinski definition) is 4. The van der Waals surface area contributed by atoms with E-state index in [0.717, 1.165) is 39.3 Å². The van der Waals surface area contributed by atoms with Crippen LogP contribution in [-0.2, 0) is 16.6 Å². The molecule has 6 heteroatoms. The van der Waals surface area contributed by atoms with Crippen molar-refractivity contribution in [3.63, 3.8) is 0 Å². The van der Waals surface area contributed by atoms with Crippen LogP contribution in [0.15, 0.2) is 42.5 Å². The van der Waals surface area contributed by atoms with Crippen molar-refractivity contribution in [2.75, 3.05) is 38.5 Å². The second kappa shape index (κ2) is 7.61. The molecule has 1 heterocycles. The fraction of sp³-hybridized carbons (Fsp3) is 0.444. The molecule has 0 atom stereocenters. The van der Waals surface area contributed by atoms with Gasteiger partial charge < -0.3 is 4.90 Å². The molecule has 130 valence electrons. The largest absolute Gasteiger partial charge is 0.301 e. The Bertz CT molecular complexity index is 778. The van der Waals surface area contributed by atoms with Gasteiger partial charge in [-0.05, 0) is 29.3 Å². The normalized spacial score (nSPS) is 17.4. The van der Waals surface area contributed by atoms with Gasteiger partial charge in [0.05, 0.1) is 5.75 Å². The van der Waals surface area contributed by atoms with Gasteiger partial charge in [-0.3, -0.25) is 4.90 Å². The minimum atomic E-state index is -3.33. The van der Waals surface area contributed by atoms with Gasteiger partial charge in [-0.1, -0.05) is 42.5 Å². The summed E-state index contributed by atoms with van der Waals surface area (Å²) in [6.45, 7) is 5.76. The number of rotatable bonds is 6. The molecule has 0 aliphatic carbocycles. The Balaban J connectivity index is 1.52. The quantitative estimate of drug-likeness (QED) is 0.863. The number of nitrogens with two attached hydrogens (primary N) is 1. The summed E-state index contributed by atoms with van der Waals surface area (Å²) >= 11 is 0. The first-order chi connectivity index (χ1) is 11.5. The Kier molecular flexibility index (Phi) is 5.50. The first kappa shape index (κ1) is 17.4. The Morgan fingerprint density at radius 2 is 1.58 bits per heavy atom. The van der Waals surface area contributed by atoms with Crippen LogP contribution in [0.2, 0.25) is 0 Å². The number of hydrogen-bond donors (Lipinski definition) is 1. The molecule has 24 heavy (non-hydrogen) atoms. The van der Waals surface area contributed by atoms with Crippen LogP contribution < -0.4 is 5.14 Å². The van der Waals surface area contributed by atoms with E-state index in [1.807, 2.05) is 0 Å². The standard InChI is InChI=1S/C18H25N3O2S/c19-24(22,23)14-4-9-20-10-12-21(13-11-20)15-17-7-3-6-16-5-1-2-8-18(16)17/h1-3,5-8H,4,9-15H2,(H2,19,22,23). The predicted molar refractivity (Wildman–Crippen MR) is 98.3 cm³/mol. The minimum absolute atomic E-state index is 0.0726. The van der Waals surface area contributed by atoms with Crippen molar-refractivity contribution in [2.45, 2.75) is 13.0 Å². The molecule has 1 saturated heterocycles. The Hall–Kier alpha value is -1.47. The van der Waals surface area contributed by atoms with Gasteiger partial charge in [-0.15, -0.1) is 0 Å². The fourth-order valence-corrected chi connectivity index (χ4v) is 3.86. The lowest BCUT2D eigenvalue weighted by molar-refractivity contribution is 0.128. The van der Waals surface area contributed by atoms with Crippen LogP contribution in [0.1, 0.15) is 12.0 Å². The third-order valence-corrected chi connectivity index (χ3v) is 5.50. The molecule has 0 amide bonds. The summed E-state index contributed by atoms with van der Waals surface area (Å²) < 4.78 is 22.0. The van der Waals surface area contributed by atoms with E-state index in [0.29, 0.717) is 6.42 Å². The van der Waals surface area contributed by atoms with Gasteiger partial charge in [-0.2, -0.15) is 0 Å². The summed E-state index contributed by atoms with van der Waals surface area (Å²) in [4.78, 5) is 4.79. The molecule has 1 aliphatic heterocycles. The van der Waals surface area contributed by atoms with E-state index in [2.05, 4.69) is 52.3 Å². The molecule has 0 unspecified atom stereocenters. The van der Waals surface area contributed by atoms with Crippen molar-refractivity contribution in [2.24, 2.45) is 5.14 Å². The number of benzene rings is 2. The average molecular weight is 347 g/mol. The smallest absolute Gasteiger partial charge is 0.209 e. The number of piperazine rings is 1. The van der Waals surface area contributed by atoms with Crippen molar-refractivity contribution in [3.8, 4) is 0 Å². The first-order valence-corrected chi connectivity index (χ1v) is 10.1. The van der Waals surface area contributed by atoms with Gasteiger partial charge in [-0.25, -0.2) is 13.6 Å². The summed E-state index contributed by atoms with van der Waals surface area (Å²) in [5, 5.41) is 7.67. The van der Waals surface area contributed by atoms with Crippen molar-refractivity contribution in [3.05, 3.63) is 48.0 Å². The maximum absolute atomic E-state index is 11.0. The lowest BCUT2D eigenvalue weighted by Gasteiger charge is -2.34. The summed E-state index contributed by atoms with van der Waals surface area (Å²) in [5.41, 5.74) is 1.37. The lowest BCUT2D eigenvalue weighted by atomic mass is 10.0. The average Bonchev–Trinajstić information content (AvgIpc) is 2.56. The molecule has 1 fully saturated rings. The number of nitrogens with zero attached hydrogens (tertiary/aromatic N) is 2. The predicted octanol–water partition coefficient (Wildman–Crippen LogP) is 1.64. The molecule has 0 spiro atoms. The zero-order valence-corrected chi connectivity index (χ0v) is 14.7. The van der Waals surface area contributed by atoms with Gasteiger partial charge in [0.1, 0.15) is 0 Å². The topological polar surface area (TPSA) is 66.6 Å². The van der Waals surface area contributed by atoms with E-state index in [-0.39, 0.29) is 5.75 Å². The van der Waals surface area contributed by atoms with Gasteiger partial charge in [0.25, 0.3) is 0 Å². The van der Waals surface area contributed by atoms with Crippen molar-refractivity contribution in [1.82, 2.24) is 9.80 Å². The SMILES string of the molecule is NS(=O)(=O)CCCN1CCN(Cc2cccc3ccccc23)CC1. The van der Waals surface area contributed by atoms with E-state index in [1.165, 1.54) is 16.3 Å². The van der Waals surface area contributed by atoms with Gasteiger partial charge in [0.2, 0.25) is 10.0 Å². The first-order valence-electron chi connectivity index (χ1n) is 8.43. The second-order valence-corrected chi connectivity index (χ2v) is 8.21. The van der Waals surface area contributed by atoms with Gasteiger partial charge in [0, 0.05) is 32.7 Å². The minimum Gasteiger partial charge on any atom is -0.301 e.